The molecule has 0 fully saturated rings. The standard InChI is InChI=1S/C10H15FO/c1-7(2)12-10-5-4-9(11)6-8(10)3/h4-8,10H,1-3H3. The van der Waals surface area contributed by atoms with Gasteiger partial charge in [-0.3, -0.25) is 0 Å². The Bertz CT molecular complexity index is 206. The summed E-state index contributed by atoms with van der Waals surface area (Å²) in [6.45, 7) is 5.92. The Balaban J connectivity index is 2.54. The number of halogens is 1. The average Bonchev–Trinajstić information content (AvgIpc) is 1.94. The summed E-state index contributed by atoms with van der Waals surface area (Å²) in [4.78, 5) is 0. The Hall–Kier alpha value is -0.630. The molecule has 0 heterocycles. The lowest BCUT2D eigenvalue weighted by Crippen LogP contribution is -2.23. The van der Waals surface area contributed by atoms with Crippen molar-refractivity contribution in [2.75, 3.05) is 0 Å². The maximum atomic E-state index is 12.7. The van der Waals surface area contributed by atoms with Crippen LogP contribution in [0.4, 0.5) is 4.39 Å². The van der Waals surface area contributed by atoms with E-state index in [2.05, 4.69) is 0 Å². The first kappa shape index (κ1) is 9.46. The first-order valence-electron chi connectivity index (χ1n) is 4.30. The molecule has 0 aromatic rings. The zero-order valence-electron chi connectivity index (χ0n) is 7.75. The molecule has 2 heteroatoms. The molecule has 1 nitrogen and oxygen atoms in total. The molecule has 0 aliphatic heterocycles. The van der Waals surface area contributed by atoms with Gasteiger partial charge in [-0.05, 0) is 26.0 Å². The Labute approximate surface area is 72.9 Å². The third-order valence-corrected chi connectivity index (χ3v) is 1.81. The zero-order valence-corrected chi connectivity index (χ0v) is 7.75. The Kier molecular flexibility index (Phi) is 3.04. The lowest BCUT2D eigenvalue weighted by Gasteiger charge is -2.23. The van der Waals surface area contributed by atoms with Gasteiger partial charge in [0.05, 0.1) is 12.2 Å². The number of allylic oxidation sites excluding steroid dienone is 2. The number of rotatable bonds is 2. The van der Waals surface area contributed by atoms with Gasteiger partial charge in [0.2, 0.25) is 0 Å². The van der Waals surface area contributed by atoms with Crippen LogP contribution in [0.15, 0.2) is 24.1 Å². The largest absolute Gasteiger partial charge is 0.371 e. The number of hydrogen-bond acceptors (Lipinski definition) is 1. The van der Waals surface area contributed by atoms with E-state index < -0.39 is 0 Å². The lowest BCUT2D eigenvalue weighted by atomic mass is 9.99. The molecule has 1 aliphatic rings. The normalized spacial score (nSPS) is 29.2. The van der Waals surface area contributed by atoms with Crippen LogP contribution >= 0.6 is 0 Å². The molecule has 0 amide bonds. The highest BCUT2D eigenvalue weighted by atomic mass is 19.1. The summed E-state index contributed by atoms with van der Waals surface area (Å²) in [6.07, 6.45) is 5.06. The van der Waals surface area contributed by atoms with Gasteiger partial charge in [-0.1, -0.05) is 13.0 Å². The van der Waals surface area contributed by atoms with Crippen molar-refractivity contribution >= 4 is 0 Å². The van der Waals surface area contributed by atoms with Crippen LogP contribution in [0.25, 0.3) is 0 Å². The minimum atomic E-state index is -0.161. The maximum absolute atomic E-state index is 12.7. The molecule has 0 N–H and O–H groups in total. The van der Waals surface area contributed by atoms with Crippen LogP contribution in [-0.2, 0) is 4.74 Å². The molecule has 0 bridgehead atoms. The average molecular weight is 170 g/mol. The minimum Gasteiger partial charge on any atom is -0.371 e. The highest BCUT2D eigenvalue weighted by Gasteiger charge is 2.18. The quantitative estimate of drug-likeness (QED) is 0.619. The van der Waals surface area contributed by atoms with Crippen molar-refractivity contribution in [1.29, 1.82) is 0 Å². The van der Waals surface area contributed by atoms with Crippen LogP contribution in [0, 0.1) is 5.92 Å². The summed E-state index contributed by atoms with van der Waals surface area (Å²) in [5.74, 6) is -0.0245. The van der Waals surface area contributed by atoms with E-state index in [1.165, 1.54) is 6.08 Å². The molecule has 1 aliphatic carbocycles. The van der Waals surface area contributed by atoms with Gasteiger partial charge < -0.3 is 4.74 Å². The van der Waals surface area contributed by atoms with Crippen LogP contribution in [0.5, 0.6) is 0 Å². The third kappa shape index (κ3) is 2.45. The van der Waals surface area contributed by atoms with Gasteiger partial charge in [0, 0.05) is 5.92 Å². The third-order valence-electron chi connectivity index (χ3n) is 1.81. The van der Waals surface area contributed by atoms with E-state index in [9.17, 15) is 4.39 Å². The molecule has 0 spiro atoms. The molecule has 68 valence electrons. The molecule has 0 aromatic carbocycles. The predicted molar refractivity (Wildman–Crippen MR) is 47.5 cm³/mol. The van der Waals surface area contributed by atoms with Crippen molar-refractivity contribution in [3.05, 3.63) is 24.1 Å². The molecule has 0 aromatic heterocycles. The van der Waals surface area contributed by atoms with Crippen LogP contribution in [0.3, 0.4) is 0 Å². The van der Waals surface area contributed by atoms with Crippen LogP contribution in [0.2, 0.25) is 0 Å². The fourth-order valence-corrected chi connectivity index (χ4v) is 1.25. The Morgan fingerprint density at radius 1 is 1.50 bits per heavy atom. The van der Waals surface area contributed by atoms with E-state index in [1.54, 1.807) is 12.2 Å². The first-order chi connectivity index (χ1) is 5.59. The van der Waals surface area contributed by atoms with E-state index in [0.29, 0.717) is 0 Å². The smallest absolute Gasteiger partial charge is 0.119 e. The van der Waals surface area contributed by atoms with E-state index >= 15 is 0 Å². The molecule has 0 saturated heterocycles. The lowest BCUT2D eigenvalue weighted by molar-refractivity contribution is 0.0155. The maximum Gasteiger partial charge on any atom is 0.119 e. The van der Waals surface area contributed by atoms with Crippen molar-refractivity contribution in [3.8, 4) is 0 Å². The molecule has 2 unspecified atom stereocenters. The van der Waals surface area contributed by atoms with Crippen LogP contribution in [0.1, 0.15) is 20.8 Å². The van der Waals surface area contributed by atoms with Gasteiger partial charge in [-0.15, -0.1) is 0 Å². The zero-order chi connectivity index (χ0) is 9.14. The van der Waals surface area contributed by atoms with E-state index in [0.717, 1.165) is 0 Å². The van der Waals surface area contributed by atoms with Crippen molar-refractivity contribution in [3.63, 3.8) is 0 Å². The van der Waals surface area contributed by atoms with Crippen molar-refractivity contribution in [1.82, 2.24) is 0 Å². The SMILES string of the molecule is CC(C)OC1C=CC(F)=CC1C. The topological polar surface area (TPSA) is 9.23 Å². The monoisotopic (exact) mass is 170 g/mol. The molecule has 0 saturated carbocycles. The summed E-state index contributed by atoms with van der Waals surface area (Å²) >= 11 is 0. The fraction of sp³-hybridized carbons (Fsp3) is 0.600. The second kappa shape index (κ2) is 3.85. The van der Waals surface area contributed by atoms with E-state index in [1.807, 2.05) is 20.8 Å². The van der Waals surface area contributed by atoms with E-state index in [-0.39, 0.29) is 24.0 Å². The summed E-state index contributed by atoms with van der Waals surface area (Å²) < 4.78 is 18.2. The minimum absolute atomic E-state index is 0.0319. The molecule has 12 heavy (non-hydrogen) atoms. The van der Waals surface area contributed by atoms with Crippen molar-refractivity contribution < 1.29 is 9.13 Å². The highest BCUT2D eigenvalue weighted by Crippen LogP contribution is 2.20. The van der Waals surface area contributed by atoms with Gasteiger partial charge in [-0.2, -0.15) is 0 Å². The van der Waals surface area contributed by atoms with Crippen molar-refractivity contribution in [2.24, 2.45) is 5.92 Å². The van der Waals surface area contributed by atoms with Crippen molar-refractivity contribution in [2.45, 2.75) is 33.0 Å². The molecular weight excluding hydrogens is 155 g/mol. The Morgan fingerprint density at radius 2 is 2.17 bits per heavy atom. The van der Waals surface area contributed by atoms with E-state index in [4.69, 9.17) is 4.74 Å². The van der Waals surface area contributed by atoms with Gasteiger partial charge in [0.1, 0.15) is 5.83 Å². The van der Waals surface area contributed by atoms with Gasteiger partial charge >= 0.3 is 0 Å². The number of hydrogen-bond donors (Lipinski definition) is 0. The second-order valence-corrected chi connectivity index (χ2v) is 3.42. The first-order valence-corrected chi connectivity index (χ1v) is 4.30. The summed E-state index contributed by atoms with van der Waals surface area (Å²) in [7, 11) is 0. The summed E-state index contributed by atoms with van der Waals surface area (Å²) in [5, 5.41) is 0. The van der Waals surface area contributed by atoms with Gasteiger partial charge in [0.25, 0.3) is 0 Å². The highest BCUT2D eigenvalue weighted by molar-refractivity contribution is 5.20. The molecule has 0 radical (unpaired) electrons. The molecular formula is C10H15FO. The second-order valence-electron chi connectivity index (χ2n) is 3.42. The predicted octanol–water partition coefficient (Wildman–Crippen LogP) is 2.84. The summed E-state index contributed by atoms with van der Waals surface area (Å²) in [5.41, 5.74) is 0. The number of ether oxygens (including phenoxy) is 1. The Morgan fingerprint density at radius 3 is 2.67 bits per heavy atom. The fourth-order valence-electron chi connectivity index (χ4n) is 1.25. The van der Waals surface area contributed by atoms with Gasteiger partial charge in [-0.25, -0.2) is 4.39 Å². The van der Waals surface area contributed by atoms with Gasteiger partial charge in [0.15, 0.2) is 0 Å². The summed E-state index contributed by atoms with van der Waals surface area (Å²) in [6, 6.07) is 0. The molecule has 1 rings (SSSR count). The van der Waals surface area contributed by atoms with Crippen LogP contribution in [-0.4, -0.2) is 12.2 Å². The van der Waals surface area contributed by atoms with Crippen LogP contribution < -0.4 is 0 Å². The molecule has 2 atom stereocenters.